The minimum atomic E-state index is 0.271. The Balaban J connectivity index is 2.34. The minimum absolute atomic E-state index is 0.271. The molecule has 0 saturated heterocycles. The first-order valence-electron chi connectivity index (χ1n) is 5.50. The predicted octanol–water partition coefficient (Wildman–Crippen LogP) is 2.31. The van der Waals surface area contributed by atoms with Crippen molar-refractivity contribution in [1.29, 1.82) is 0 Å². The molecule has 0 amide bonds. The van der Waals surface area contributed by atoms with Crippen LogP contribution in [0, 0.1) is 0 Å². The molecule has 0 atom stereocenters. The number of hydrogen-bond acceptors (Lipinski definition) is 4. The van der Waals surface area contributed by atoms with Gasteiger partial charge in [-0.25, -0.2) is 4.68 Å². The van der Waals surface area contributed by atoms with Crippen molar-refractivity contribution < 1.29 is 4.74 Å². The van der Waals surface area contributed by atoms with Crippen LogP contribution in [-0.2, 0) is 7.05 Å². The number of pyridine rings is 1. The van der Waals surface area contributed by atoms with E-state index in [0.717, 1.165) is 5.69 Å². The van der Waals surface area contributed by atoms with Crippen LogP contribution in [0.1, 0.15) is 25.5 Å². The normalized spacial score (nSPS) is 10.8. The maximum atomic E-state index is 6.02. The van der Waals surface area contributed by atoms with E-state index in [9.17, 15) is 0 Å². The smallest absolute Gasteiger partial charge is 0.241 e. The van der Waals surface area contributed by atoms with Crippen LogP contribution in [0.3, 0.4) is 0 Å². The van der Waals surface area contributed by atoms with Crippen LogP contribution < -0.4 is 10.5 Å². The Bertz CT molecular complexity index is 505. The third kappa shape index (κ3) is 2.22. The fraction of sp³-hybridized carbons (Fsp3) is 0.333. The summed E-state index contributed by atoms with van der Waals surface area (Å²) in [6, 6.07) is 3.64. The summed E-state index contributed by atoms with van der Waals surface area (Å²) in [5, 5.41) is 4.35. The number of ether oxygens (including phenoxy) is 1. The second-order valence-corrected chi connectivity index (χ2v) is 4.17. The lowest BCUT2D eigenvalue weighted by Gasteiger charge is -2.05. The van der Waals surface area contributed by atoms with Gasteiger partial charge in [0.25, 0.3) is 0 Å². The van der Waals surface area contributed by atoms with E-state index in [1.807, 2.05) is 33.0 Å². The average molecular weight is 232 g/mol. The van der Waals surface area contributed by atoms with Gasteiger partial charge in [0.1, 0.15) is 11.4 Å². The molecule has 0 aromatic carbocycles. The van der Waals surface area contributed by atoms with Crippen LogP contribution in [0.15, 0.2) is 24.5 Å². The number of nitrogen functional groups attached to an aromatic ring is 1. The second kappa shape index (κ2) is 4.45. The molecule has 0 bridgehead atoms. The molecule has 0 radical (unpaired) electrons. The third-order valence-corrected chi connectivity index (χ3v) is 2.45. The third-order valence-electron chi connectivity index (χ3n) is 2.45. The van der Waals surface area contributed by atoms with Gasteiger partial charge >= 0.3 is 0 Å². The van der Waals surface area contributed by atoms with Gasteiger partial charge in [-0.2, -0.15) is 5.10 Å². The van der Waals surface area contributed by atoms with E-state index in [4.69, 9.17) is 10.5 Å². The number of hydrogen-bond donors (Lipinski definition) is 1. The van der Waals surface area contributed by atoms with Gasteiger partial charge in [-0.15, -0.1) is 0 Å². The molecule has 2 aromatic rings. The molecule has 0 saturated carbocycles. The van der Waals surface area contributed by atoms with Gasteiger partial charge in [0.2, 0.25) is 5.88 Å². The van der Waals surface area contributed by atoms with Crippen molar-refractivity contribution in [1.82, 2.24) is 14.8 Å². The van der Waals surface area contributed by atoms with Crippen LogP contribution in [0.25, 0.3) is 0 Å². The first-order chi connectivity index (χ1) is 8.09. The molecular weight excluding hydrogens is 216 g/mol. The summed E-state index contributed by atoms with van der Waals surface area (Å²) in [6.45, 7) is 4.10. The number of anilines is 1. The monoisotopic (exact) mass is 232 g/mol. The van der Waals surface area contributed by atoms with Gasteiger partial charge in [0.15, 0.2) is 0 Å². The Kier molecular flexibility index (Phi) is 2.99. The Morgan fingerprint density at radius 3 is 2.71 bits per heavy atom. The molecule has 2 rings (SSSR count). The molecule has 2 aromatic heterocycles. The Morgan fingerprint density at radius 2 is 2.18 bits per heavy atom. The summed E-state index contributed by atoms with van der Waals surface area (Å²) < 4.78 is 7.33. The van der Waals surface area contributed by atoms with Crippen LogP contribution in [-0.4, -0.2) is 14.8 Å². The Morgan fingerprint density at radius 1 is 1.41 bits per heavy atom. The lowest BCUT2D eigenvalue weighted by molar-refractivity contribution is 0.430. The number of nitrogens with two attached hydrogens (primary N) is 1. The number of aromatic nitrogens is 3. The molecule has 0 aliphatic carbocycles. The summed E-state index contributed by atoms with van der Waals surface area (Å²) in [4.78, 5) is 3.99. The van der Waals surface area contributed by atoms with Gasteiger partial charge in [-0.3, -0.25) is 4.98 Å². The molecule has 90 valence electrons. The molecule has 2 N–H and O–H groups in total. The molecule has 5 nitrogen and oxygen atoms in total. The van der Waals surface area contributed by atoms with Crippen LogP contribution in [0.5, 0.6) is 11.6 Å². The van der Waals surface area contributed by atoms with Crippen molar-refractivity contribution in [3.05, 3.63) is 30.2 Å². The predicted molar refractivity (Wildman–Crippen MR) is 66.0 cm³/mol. The summed E-state index contributed by atoms with van der Waals surface area (Å²) >= 11 is 0. The number of nitrogens with zero attached hydrogens (tertiary/aromatic N) is 3. The van der Waals surface area contributed by atoms with Gasteiger partial charge in [-0.05, 0) is 18.1 Å². The zero-order chi connectivity index (χ0) is 12.4. The van der Waals surface area contributed by atoms with Crippen LogP contribution in [0.2, 0.25) is 0 Å². The van der Waals surface area contributed by atoms with Crippen molar-refractivity contribution >= 4 is 5.69 Å². The highest BCUT2D eigenvalue weighted by atomic mass is 16.5. The standard InChI is InChI=1S/C12H16N4O/c1-8(2)11-10(13)12(16(3)15-11)17-9-5-4-6-14-7-9/h4-8H,13H2,1-3H3. The van der Waals surface area contributed by atoms with Gasteiger partial charge in [0, 0.05) is 13.2 Å². The Labute approximate surface area is 100 Å². The zero-order valence-corrected chi connectivity index (χ0v) is 10.2. The fourth-order valence-electron chi connectivity index (χ4n) is 1.61. The Hall–Kier alpha value is -2.04. The van der Waals surface area contributed by atoms with E-state index < -0.39 is 0 Å². The van der Waals surface area contributed by atoms with Crippen LogP contribution in [0.4, 0.5) is 5.69 Å². The SMILES string of the molecule is CC(C)c1nn(C)c(Oc2cccnc2)c1N. The lowest BCUT2D eigenvalue weighted by atomic mass is 10.1. The topological polar surface area (TPSA) is 66.0 Å². The molecule has 2 heterocycles. The molecule has 0 spiro atoms. The van der Waals surface area contributed by atoms with E-state index in [-0.39, 0.29) is 5.92 Å². The van der Waals surface area contributed by atoms with E-state index in [1.54, 1.807) is 17.1 Å². The highest BCUT2D eigenvalue weighted by Crippen LogP contribution is 2.32. The van der Waals surface area contributed by atoms with E-state index in [1.165, 1.54) is 0 Å². The average Bonchev–Trinajstić information content (AvgIpc) is 2.58. The quantitative estimate of drug-likeness (QED) is 0.881. The summed E-state index contributed by atoms with van der Waals surface area (Å²) in [5.74, 6) is 1.48. The molecule has 0 aliphatic heterocycles. The van der Waals surface area contributed by atoms with Crippen molar-refractivity contribution in [2.45, 2.75) is 19.8 Å². The maximum absolute atomic E-state index is 6.02. The minimum Gasteiger partial charge on any atom is -0.436 e. The summed E-state index contributed by atoms with van der Waals surface area (Å²) in [5.41, 5.74) is 7.47. The van der Waals surface area contributed by atoms with Gasteiger partial charge in [0.05, 0.1) is 11.9 Å². The zero-order valence-electron chi connectivity index (χ0n) is 10.2. The number of aryl methyl sites for hydroxylation is 1. The lowest BCUT2D eigenvalue weighted by Crippen LogP contribution is -1.97. The number of rotatable bonds is 3. The van der Waals surface area contributed by atoms with E-state index >= 15 is 0 Å². The fourth-order valence-corrected chi connectivity index (χ4v) is 1.61. The van der Waals surface area contributed by atoms with Crippen molar-refractivity contribution in [3.8, 4) is 11.6 Å². The molecule has 5 heteroatoms. The highest BCUT2D eigenvalue weighted by molar-refractivity contribution is 5.55. The second-order valence-electron chi connectivity index (χ2n) is 4.17. The maximum Gasteiger partial charge on any atom is 0.241 e. The summed E-state index contributed by atoms with van der Waals surface area (Å²) in [7, 11) is 1.81. The van der Waals surface area contributed by atoms with Crippen molar-refractivity contribution in [3.63, 3.8) is 0 Å². The highest BCUT2D eigenvalue weighted by Gasteiger charge is 2.17. The molecule has 0 fully saturated rings. The van der Waals surface area contributed by atoms with E-state index in [0.29, 0.717) is 17.3 Å². The van der Waals surface area contributed by atoms with Gasteiger partial charge in [-0.1, -0.05) is 13.8 Å². The summed E-state index contributed by atoms with van der Waals surface area (Å²) in [6.07, 6.45) is 3.33. The van der Waals surface area contributed by atoms with Crippen molar-refractivity contribution in [2.24, 2.45) is 7.05 Å². The molecule has 0 aliphatic rings. The first kappa shape index (κ1) is 11.4. The van der Waals surface area contributed by atoms with Crippen LogP contribution >= 0.6 is 0 Å². The molecule has 17 heavy (non-hydrogen) atoms. The molecule has 0 unspecified atom stereocenters. The van der Waals surface area contributed by atoms with Gasteiger partial charge < -0.3 is 10.5 Å². The first-order valence-corrected chi connectivity index (χ1v) is 5.50. The largest absolute Gasteiger partial charge is 0.436 e. The molecular formula is C12H16N4O. The van der Waals surface area contributed by atoms with E-state index in [2.05, 4.69) is 10.1 Å². The van der Waals surface area contributed by atoms with Crippen molar-refractivity contribution in [2.75, 3.05) is 5.73 Å².